The number of benzene rings is 4. The Morgan fingerprint density at radius 1 is 0.543 bits per heavy atom. The van der Waals surface area contributed by atoms with E-state index in [-0.39, 0.29) is 24.8 Å². The summed E-state index contributed by atoms with van der Waals surface area (Å²) >= 11 is 3.50. The van der Waals surface area contributed by atoms with Crippen LogP contribution in [0.2, 0.25) is 0 Å². The number of halogens is 2. The number of aryl methyl sites for hydroxylation is 4. The molecule has 0 radical (unpaired) electrons. The van der Waals surface area contributed by atoms with Crippen LogP contribution in [0.15, 0.2) is 97.1 Å². The summed E-state index contributed by atoms with van der Waals surface area (Å²) in [6, 6.07) is 28.9. The van der Waals surface area contributed by atoms with E-state index in [0.29, 0.717) is 0 Å². The third-order valence-corrected chi connectivity index (χ3v) is 7.75. The first-order valence-corrected chi connectivity index (χ1v) is 17.1. The Morgan fingerprint density at radius 3 is 1.22 bits per heavy atom. The second-order valence-electron chi connectivity index (χ2n) is 10.6. The Morgan fingerprint density at radius 2 is 0.913 bits per heavy atom. The van der Waals surface area contributed by atoms with E-state index in [2.05, 4.69) is 134 Å². The maximum absolute atomic E-state index is 3.50. The van der Waals surface area contributed by atoms with Crippen molar-refractivity contribution < 1.29 is 64.8 Å². The van der Waals surface area contributed by atoms with Gasteiger partial charge in [-0.3, -0.25) is 12.2 Å². The fourth-order valence-corrected chi connectivity index (χ4v) is 5.30. The summed E-state index contributed by atoms with van der Waals surface area (Å²) in [5.74, 6) is 0. The summed E-state index contributed by atoms with van der Waals surface area (Å²) in [6.07, 6.45) is 22.1. The van der Waals surface area contributed by atoms with Crippen molar-refractivity contribution in [3.8, 4) is 22.3 Å². The van der Waals surface area contributed by atoms with Gasteiger partial charge in [-0.2, -0.15) is 58.7 Å². The number of hydrogen-bond acceptors (Lipinski definition) is 0. The molecule has 0 atom stereocenters. The van der Waals surface area contributed by atoms with Crippen molar-refractivity contribution in [1.29, 1.82) is 0 Å². The minimum atomic E-state index is 0. The summed E-state index contributed by atoms with van der Waals surface area (Å²) in [5.41, 5.74) is 16.4. The van der Waals surface area contributed by atoms with Gasteiger partial charge in [0.1, 0.15) is 0 Å². The van der Waals surface area contributed by atoms with Gasteiger partial charge >= 0.3 is 49.6 Å². The second kappa shape index (κ2) is 22.2. The van der Waals surface area contributed by atoms with E-state index in [4.69, 9.17) is 0 Å². The molecule has 8 rings (SSSR count). The molecule has 0 fully saturated rings. The molecular weight excluding hydrogens is 671 g/mol. The minimum absolute atomic E-state index is 0. The summed E-state index contributed by atoms with van der Waals surface area (Å²) in [7, 11) is 0. The van der Waals surface area contributed by atoms with Crippen molar-refractivity contribution >= 4 is 9.63 Å². The first-order valence-electron chi connectivity index (χ1n) is 14.9. The average Bonchev–Trinajstić information content (AvgIpc) is 3.90. The second-order valence-corrected chi connectivity index (χ2v) is 10.6. The van der Waals surface area contributed by atoms with Crippen LogP contribution < -0.4 is 24.8 Å². The van der Waals surface area contributed by atoms with Gasteiger partial charge in [0.15, 0.2) is 0 Å². The van der Waals surface area contributed by atoms with Gasteiger partial charge in [-0.1, -0.05) is 98.5 Å². The predicted molar refractivity (Wildman–Crippen MR) is 183 cm³/mol. The first-order chi connectivity index (χ1) is 21.5. The molecule has 232 valence electrons. The molecule has 0 heterocycles. The molecule has 46 heavy (non-hydrogen) atoms. The van der Waals surface area contributed by atoms with Crippen LogP contribution in [-0.4, -0.2) is 9.63 Å². The summed E-state index contributed by atoms with van der Waals surface area (Å²) in [6.45, 7) is 8.59. The van der Waals surface area contributed by atoms with Crippen LogP contribution in [0.25, 0.3) is 22.3 Å². The molecule has 0 aliphatic heterocycles. The predicted octanol–water partition coefficient (Wildman–Crippen LogP) is 3.90. The van der Waals surface area contributed by atoms with Crippen LogP contribution in [0.5, 0.6) is 0 Å². The molecule has 0 nitrogen and oxygen atoms in total. The Hall–Kier alpha value is -2.41. The molecule has 0 N–H and O–H groups in total. The molecule has 0 unspecified atom stereocenters. The quantitative estimate of drug-likeness (QED) is 0.166. The minimum Gasteiger partial charge on any atom is -1.00 e. The molecule has 4 aliphatic carbocycles. The zero-order chi connectivity index (χ0) is 31.9. The van der Waals surface area contributed by atoms with Gasteiger partial charge in [0.2, 0.25) is 0 Å². The van der Waals surface area contributed by atoms with E-state index in [0.717, 1.165) is 25.7 Å². The van der Waals surface area contributed by atoms with Crippen LogP contribution in [-0.2, 0) is 52.8 Å². The number of hydrogen-bond donors (Lipinski definition) is 0. The molecule has 4 aromatic rings. The molecule has 0 aromatic heterocycles. The van der Waals surface area contributed by atoms with Gasteiger partial charge in [-0.05, 0) is 12.8 Å². The number of fused-ring (bicyclic) bond motifs is 6. The molecule has 4 aromatic carbocycles. The van der Waals surface area contributed by atoms with Crippen molar-refractivity contribution in [2.75, 3.05) is 0 Å². The molecular formula is C42H40Cl2Ti2-2. The third-order valence-electron chi connectivity index (χ3n) is 7.75. The van der Waals surface area contributed by atoms with Crippen LogP contribution in [0, 0.1) is 52.0 Å². The molecule has 0 spiro atoms. The fourth-order valence-electron chi connectivity index (χ4n) is 5.30. The van der Waals surface area contributed by atoms with Crippen LogP contribution >= 0.6 is 0 Å². The van der Waals surface area contributed by atoms with Crippen molar-refractivity contribution in [2.45, 2.75) is 53.4 Å². The van der Waals surface area contributed by atoms with Gasteiger partial charge in [0.25, 0.3) is 0 Å². The largest absolute Gasteiger partial charge is 1.00 e. The van der Waals surface area contributed by atoms with Crippen molar-refractivity contribution in [2.24, 2.45) is 0 Å². The van der Waals surface area contributed by atoms with E-state index in [1.54, 1.807) is 39.9 Å². The topological polar surface area (TPSA) is 0 Å². The molecule has 4 aliphatic rings. The van der Waals surface area contributed by atoms with Crippen molar-refractivity contribution in [1.82, 2.24) is 0 Å². The Kier molecular flexibility index (Phi) is 20.1. The summed E-state index contributed by atoms with van der Waals surface area (Å²) in [4.78, 5) is 6.50. The zero-order valence-electron chi connectivity index (χ0n) is 27.2. The maximum Gasteiger partial charge on any atom is -1.00 e. The van der Waals surface area contributed by atoms with E-state index in [1.165, 1.54) is 66.8 Å². The summed E-state index contributed by atoms with van der Waals surface area (Å²) in [5, 5.41) is 0. The molecule has 0 saturated heterocycles. The van der Waals surface area contributed by atoms with E-state index >= 15 is 0 Å². The van der Waals surface area contributed by atoms with Crippen molar-refractivity contribution in [3.63, 3.8) is 0 Å². The van der Waals surface area contributed by atoms with Crippen LogP contribution in [0.4, 0.5) is 0 Å². The first kappa shape index (κ1) is 41.6. The van der Waals surface area contributed by atoms with Gasteiger partial charge in [0, 0.05) is 0 Å². The van der Waals surface area contributed by atoms with Crippen LogP contribution in [0.3, 0.4) is 0 Å². The van der Waals surface area contributed by atoms with E-state index < -0.39 is 0 Å². The molecule has 0 bridgehead atoms. The Balaban J connectivity index is 0.000000319. The Labute approximate surface area is 313 Å². The van der Waals surface area contributed by atoms with Gasteiger partial charge in [0.05, 0.1) is 0 Å². The maximum atomic E-state index is 3.50. The van der Waals surface area contributed by atoms with Gasteiger partial charge in [-0.25, -0.2) is 24.3 Å². The Bertz CT molecular complexity index is 1530. The normalized spacial score (nSPS) is 12.2. The van der Waals surface area contributed by atoms with Gasteiger partial charge < -0.3 is 24.8 Å². The fraction of sp³-hybridized carbons (Fsp3) is 0.190. The average molecular weight is 711 g/mol. The van der Waals surface area contributed by atoms with Crippen molar-refractivity contribution in [3.05, 3.63) is 166 Å². The zero-order valence-corrected chi connectivity index (χ0v) is 31.9. The molecule has 0 amide bonds. The smallest absolute Gasteiger partial charge is 1.00 e. The third kappa shape index (κ3) is 11.4. The molecule has 0 saturated carbocycles. The summed E-state index contributed by atoms with van der Waals surface area (Å²) < 4.78 is 0. The number of allylic oxidation sites excluding steroid dienone is 8. The molecule has 4 heteroatoms. The van der Waals surface area contributed by atoms with E-state index in [1.807, 2.05) is 24.3 Å². The SMILES string of the molecule is Cc1[c-]c2c(cc1C)-c1ccccc1C2.Cc1[c-]c2c(cc1C)-c1ccccc1C2.[C-]1=CC=CC1.[C-]1=CC=CC1.[CH2]=[Ti+2].[CH2]=[Ti+2].[Cl-].[Cl-]. The monoisotopic (exact) mass is 710 g/mol. The van der Waals surface area contributed by atoms with Crippen LogP contribution in [0.1, 0.15) is 57.3 Å². The van der Waals surface area contributed by atoms with Gasteiger partial charge in [-0.15, -0.1) is 35.1 Å². The number of rotatable bonds is 0. The standard InChI is InChI=1S/2C15H13.2C5H5.2CH2.2ClH.2Ti/c2*1-10-7-13-9-12-5-3-4-6-14(12)15(13)8-11(10)2;2*1-2-4-5-3-1;;;;;;/h2*3-6,8H,9H2,1-2H3;2*1-3H,4H2;2*1H2;2*1H;;/q4*-1;;;;;2*+2/p-2. The van der Waals surface area contributed by atoms with E-state index in [9.17, 15) is 0 Å².